The molecule has 13 heavy (non-hydrogen) atoms. The molecule has 1 aromatic carbocycles. The average molecular weight is 253 g/mol. The molecule has 0 heterocycles. The normalized spacial score (nSPS) is 10.5. The van der Waals surface area contributed by atoms with Crippen molar-refractivity contribution < 1.29 is 18.0 Å². The molecule has 1 rings (SSSR count). The number of carbonyl (C=O) groups excluding carboxylic acids is 1. The summed E-state index contributed by atoms with van der Waals surface area (Å²) in [6.07, 6.45) is -3.06. The summed E-state index contributed by atoms with van der Waals surface area (Å²) in [6.45, 7) is 0. The maximum absolute atomic E-state index is 12.6. The standard InChI is InChI=1S/C8H4BrF3O/c9-5-3-4(1-2-6(5)10)7(13)8(11)12/h1-3,8H. The molecule has 1 nitrogen and oxygen atoms in total. The van der Waals surface area contributed by atoms with Gasteiger partial charge < -0.3 is 0 Å². The van der Waals surface area contributed by atoms with Crippen molar-refractivity contribution in [1.82, 2.24) is 0 Å². The molecule has 5 heteroatoms. The summed E-state index contributed by atoms with van der Waals surface area (Å²) in [6, 6.07) is 3.01. The van der Waals surface area contributed by atoms with E-state index < -0.39 is 18.0 Å². The van der Waals surface area contributed by atoms with Crippen molar-refractivity contribution in [2.24, 2.45) is 0 Å². The Morgan fingerprint density at radius 2 is 2.00 bits per heavy atom. The Morgan fingerprint density at radius 1 is 1.38 bits per heavy atom. The molecular formula is C8H4BrF3O. The molecular weight excluding hydrogens is 249 g/mol. The molecule has 0 saturated heterocycles. The lowest BCUT2D eigenvalue weighted by Crippen LogP contribution is -2.10. The minimum atomic E-state index is -3.06. The summed E-state index contributed by atoms with van der Waals surface area (Å²) in [5.41, 5.74) is -0.205. The number of Topliss-reactive ketones (excluding diaryl/α,β-unsaturated/α-hetero) is 1. The van der Waals surface area contributed by atoms with Gasteiger partial charge in [0.2, 0.25) is 5.78 Å². The highest BCUT2D eigenvalue weighted by Crippen LogP contribution is 2.18. The molecule has 0 atom stereocenters. The third-order valence-corrected chi connectivity index (χ3v) is 2.01. The predicted octanol–water partition coefficient (Wildman–Crippen LogP) is 3.04. The molecule has 0 aliphatic carbocycles. The number of alkyl halides is 2. The maximum atomic E-state index is 12.6. The third kappa shape index (κ3) is 2.30. The van der Waals surface area contributed by atoms with Gasteiger partial charge in [0.15, 0.2) is 0 Å². The van der Waals surface area contributed by atoms with E-state index in [4.69, 9.17) is 0 Å². The van der Waals surface area contributed by atoms with Gasteiger partial charge in [0, 0.05) is 5.56 Å². The van der Waals surface area contributed by atoms with Crippen LogP contribution < -0.4 is 0 Å². The first-order chi connectivity index (χ1) is 6.02. The van der Waals surface area contributed by atoms with Gasteiger partial charge in [-0.25, -0.2) is 13.2 Å². The van der Waals surface area contributed by atoms with Crippen LogP contribution in [0.4, 0.5) is 13.2 Å². The first-order valence-corrected chi connectivity index (χ1v) is 4.09. The highest BCUT2D eigenvalue weighted by atomic mass is 79.9. The van der Waals surface area contributed by atoms with Crippen molar-refractivity contribution in [3.05, 3.63) is 34.1 Å². The topological polar surface area (TPSA) is 17.1 Å². The van der Waals surface area contributed by atoms with Gasteiger partial charge in [-0.05, 0) is 34.1 Å². The fourth-order valence-corrected chi connectivity index (χ4v) is 1.15. The van der Waals surface area contributed by atoms with Crippen LogP contribution in [0, 0.1) is 5.82 Å². The molecule has 0 N–H and O–H groups in total. The SMILES string of the molecule is O=C(c1ccc(F)c(Br)c1)C(F)F. The molecule has 0 unspecified atom stereocenters. The van der Waals surface area contributed by atoms with Crippen LogP contribution in [-0.2, 0) is 0 Å². The van der Waals surface area contributed by atoms with Crippen LogP contribution in [0.3, 0.4) is 0 Å². The molecule has 0 saturated carbocycles. The van der Waals surface area contributed by atoms with Gasteiger partial charge >= 0.3 is 6.43 Å². The third-order valence-electron chi connectivity index (χ3n) is 1.40. The fraction of sp³-hybridized carbons (Fsp3) is 0.125. The fourth-order valence-electron chi connectivity index (χ4n) is 0.775. The van der Waals surface area contributed by atoms with Gasteiger partial charge in [-0.2, -0.15) is 0 Å². The van der Waals surface area contributed by atoms with Crippen LogP contribution in [0.5, 0.6) is 0 Å². The number of benzene rings is 1. The second kappa shape index (κ2) is 3.91. The lowest BCUT2D eigenvalue weighted by molar-refractivity contribution is 0.0678. The van der Waals surface area contributed by atoms with Crippen molar-refractivity contribution in [2.45, 2.75) is 6.43 Å². The Labute approximate surface area is 80.7 Å². The number of hydrogen-bond acceptors (Lipinski definition) is 1. The zero-order valence-corrected chi connectivity index (χ0v) is 7.82. The monoisotopic (exact) mass is 252 g/mol. The van der Waals surface area contributed by atoms with Crippen LogP contribution in [0.25, 0.3) is 0 Å². The minimum Gasteiger partial charge on any atom is -0.288 e. The van der Waals surface area contributed by atoms with E-state index in [0.29, 0.717) is 0 Å². The molecule has 0 spiro atoms. The Bertz CT molecular complexity index is 338. The van der Waals surface area contributed by atoms with Gasteiger partial charge in [-0.15, -0.1) is 0 Å². The predicted molar refractivity (Wildman–Crippen MR) is 44.4 cm³/mol. The zero-order chi connectivity index (χ0) is 10.0. The van der Waals surface area contributed by atoms with Crippen LogP contribution in [0.2, 0.25) is 0 Å². The molecule has 0 aliphatic heterocycles. The highest BCUT2D eigenvalue weighted by molar-refractivity contribution is 9.10. The van der Waals surface area contributed by atoms with Gasteiger partial charge in [0.1, 0.15) is 5.82 Å². The van der Waals surface area contributed by atoms with Gasteiger partial charge in [0.25, 0.3) is 0 Å². The second-order valence-electron chi connectivity index (χ2n) is 2.29. The number of halogens is 4. The van der Waals surface area contributed by atoms with E-state index in [1.54, 1.807) is 0 Å². The molecule has 0 bridgehead atoms. The lowest BCUT2D eigenvalue weighted by Gasteiger charge is -2.00. The Hall–Kier alpha value is -0.840. The summed E-state index contributed by atoms with van der Waals surface area (Å²) in [7, 11) is 0. The quantitative estimate of drug-likeness (QED) is 0.740. The Morgan fingerprint density at radius 3 is 2.46 bits per heavy atom. The molecule has 0 amide bonds. The van der Waals surface area contributed by atoms with Crippen LogP contribution >= 0.6 is 15.9 Å². The largest absolute Gasteiger partial charge is 0.300 e. The molecule has 1 aromatic rings. The van der Waals surface area contributed by atoms with Crippen molar-refractivity contribution in [1.29, 1.82) is 0 Å². The van der Waals surface area contributed by atoms with Gasteiger partial charge in [0.05, 0.1) is 4.47 Å². The van der Waals surface area contributed by atoms with Crippen LogP contribution in [-0.4, -0.2) is 12.2 Å². The Balaban J connectivity index is 3.04. The van der Waals surface area contributed by atoms with Gasteiger partial charge in [-0.3, -0.25) is 4.79 Å². The maximum Gasteiger partial charge on any atom is 0.300 e. The summed E-state index contributed by atoms with van der Waals surface area (Å²) in [5.74, 6) is -1.90. The molecule has 0 radical (unpaired) electrons. The number of hydrogen-bond donors (Lipinski definition) is 0. The molecule has 0 aromatic heterocycles. The first-order valence-electron chi connectivity index (χ1n) is 3.30. The van der Waals surface area contributed by atoms with E-state index >= 15 is 0 Å². The van der Waals surface area contributed by atoms with E-state index in [1.807, 2.05) is 0 Å². The first kappa shape index (κ1) is 10.2. The number of carbonyl (C=O) groups is 1. The summed E-state index contributed by atoms with van der Waals surface area (Å²) >= 11 is 2.79. The van der Waals surface area contributed by atoms with Crippen molar-refractivity contribution in [3.63, 3.8) is 0 Å². The van der Waals surface area contributed by atoms with E-state index in [0.717, 1.165) is 18.2 Å². The van der Waals surface area contributed by atoms with E-state index in [-0.39, 0.29) is 10.0 Å². The number of ketones is 1. The van der Waals surface area contributed by atoms with E-state index in [1.165, 1.54) is 0 Å². The minimum absolute atomic E-state index is 0.000926. The van der Waals surface area contributed by atoms with Crippen molar-refractivity contribution in [3.8, 4) is 0 Å². The number of rotatable bonds is 2. The van der Waals surface area contributed by atoms with Gasteiger partial charge in [-0.1, -0.05) is 0 Å². The van der Waals surface area contributed by atoms with E-state index in [2.05, 4.69) is 15.9 Å². The van der Waals surface area contributed by atoms with Crippen LogP contribution in [0.15, 0.2) is 22.7 Å². The molecule has 70 valence electrons. The zero-order valence-electron chi connectivity index (χ0n) is 6.23. The highest BCUT2D eigenvalue weighted by Gasteiger charge is 2.18. The molecule has 0 aliphatic rings. The summed E-state index contributed by atoms with van der Waals surface area (Å²) in [5, 5.41) is 0. The smallest absolute Gasteiger partial charge is 0.288 e. The van der Waals surface area contributed by atoms with Crippen molar-refractivity contribution in [2.75, 3.05) is 0 Å². The van der Waals surface area contributed by atoms with Crippen molar-refractivity contribution >= 4 is 21.7 Å². The van der Waals surface area contributed by atoms with E-state index in [9.17, 15) is 18.0 Å². The lowest BCUT2D eigenvalue weighted by atomic mass is 10.1. The second-order valence-corrected chi connectivity index (χ2v) is 3.15. The summed E-state index contributed by atoms with van der Waals surface area (Å²) in [4.78, 5) is 10.7. The Kier molecular flexibility index (Phi) is 3.08. The average Bonchev–Trinajstić information content (AvgIpc) is 2.08. The summed E-state index contributed by atoms with van der Waals surface area (Å²) < 4.78 is 36.4. The molecule has 0 fully saturated rings. The van der Waals surface area contributed by atoms with Crippen LogP contribution in [0.1, 0.15) is 10.4 Å².